The fourth-order valence-corrected chi connectivity index (χ4v) is 2.26. The molecule has 106 valence electrons. The molecule has 3 rings (SSSR count). The number of fused-ring (bicyclic) bond motifs is 1. The highest BCUT2D eigenvalue weighted by Crippen LogP contribution is 2.11. The predicted octanol–water partition coefficient (Wildman–Crippen LogP) is 2.28. The van der Waals surface area contributed by atoms with Crippen molar-refractivity contribution in [1.82, 2.24) is 19.9 Å². The van der Waals surface area contributed by atoms with Crippen molar-refractivity contribution in [3.05, 3.63) is 65.1 Å². The molecule has 1 N–H and O–H groups in total. The van der Waals surface area contributed by atoms with Gasteiger partial charge in [0.1, 0.15) is 0 Å². The molecule has 1 amide bonds. The average molecular weight is 280 g/mol. The number of hydrogen-bond donors (Lipinski definition) is 1. The van der Waals surface area contributed by atoms with Crippen molar-refractivity contribution in [1.29, 1.82) is 0 Å². The summed E-state index contributed by atoms with van der Waals surface area (Å²) in [5, 5.41) is 7.26. The summed E-state index contributed by atoms with van der Waals surface area (Å²) in [6, 6.07) is 11.7. The molecule has 0 aliphatic heterocycles. The Labute approximate surface area is 122 Å². The van der Waals surface area contributed by atoms with Gasteiger partial charge in [0.2, 0.25) is 0 Å². The number of carbonyl (C=O) groups excluding carboxylic acids is 1. The van der Waals surface area contributed by atoms with Gasteiger partial charge < -0.3 is 5.32 Å². The second-order valence-electron chi connectivity index (χ2n) is 4.98. The van der Waals surface area contributed by atoms with Crippen molar-refractivity contribution < 1.29 is 4.79 Å². The first-order valence-corrected chi connectivity index (χ1v) is 6.79. The summed E-state index contributed by atoms with van der Waals surface area (Å²) in [6.07, 6.45) is 1.60. The molecular weight excluding hydrogens is 264 g/mol. The number of carbonyl (C=O) groups is 1. The van der Waals surface area contributed by atoms with Crippen molar-refractivity contribution in [2.45, 2.75) is 20.4 Å². The van der Waals surface area contributed by atoms with E-state index < -0.39 is 0 Å². The highest BCUT2D eigenvalue weighted by atomic mass is 16.1. The van der Waals surface area contributed by atoms with E-state index in [0.29, 0.717) is 12.1 Å². The smallest absolute Gasteiger partial charge is 0.254 e. The van der Waals surface area contributed by atoms with E-state index in [-0.39, 0.29) is 5.91 Å². The molecule has 0 atom stereocenters. The van der Waals surface area contributed by atoms with Gasteiger partial charge in [0, 0.05) is 18.8 Å². The monoisotopic (exact) mass is 280 g/mol. The largest absolute Gasteiger partial charge is 0.348 e. The minimum absolute atomic E-state index is 0.140. The van der Waals surface area contributed by atoms with Gasteiger partial charge in [0.05, 0.1) is 17.0 Å². The van der Waals surface area contributed by atoms with Crippen LogP contribution >= 0.6 is 0 Å². The molecule has 21 heavy (non-hydrogen) atoms. The molecule has 0 fully saturated rings. The second kappa shape index (κ2) is 5.36. The van der Waals surface area contributed by atoms with Crippen LogP contribution in [0.4, 0.5) is 0 Å². The summed E-state index contributed by atoms with van der Waals surface area (Å²) in [5.41, 5.74) is 4.03. The Balaban J connectivity index is 1.83. The zero-order chi connectivity index (χ0) is 14.8. The van der Waals surface area contributed by atoms with E-state index in [1.165, 1.54) is 0 Å². The third kappa shape index (κ3) is 2.63. The number of hydrogen-bond acceptors (Lipinski definition) is 3. The molecular formula is C16H16N4O. The van der Waals surface area contributed by atoms with E-state index in [0.717, 1.165) is 22.6 Å². The van der Waals surface area contributed by atoms with Crippen LogP contribution in [0.15, 0.2) is 42.6 Å². The number of nitrogens with one attached hydrogen (secondary N) is 1. The molecule has 0 unspecified atom stereocenters. The summed E-state index contributed by atoms with van der Waals surface area (Å²) in [5.74, 6) is -0.140. The topological polar surface area (TPSA) is 59.3 Å². The van der Waals surface area contributed by atoms with E-state index in [4.69, 9.17) is 0 Å². The number of aryl methyl sites for hydroxylation is 2. The number of nitrogens with zero attached hydrogens (tertiary/aromatic N) is 3. The Kier molecular flexibility index (Phi) is 3.39. The molecule has 2 aromatic heterocycles. The zero-order valence-corrected chi connectivity index (χ0v) is 12.0. The molecule has 0 spiro atoms. The molecule has 5 nitrogen and oxygen atoms in total. The minimum atomic E-state index is -0.140. The first-order valence-electron chi connectivity index (χ1n) is 6.79. The lowest BCUT2D eigenvalue weighted by Gasteiger charge is -2.08. The van der Waals surface area contributed by atoms with Gasteiger partial charge in [-0.05, 0) is 19.4 Å². The third-order valence-corrected chi connectivity index (χ3v) is 3.39. The Hall–Kier alpha value is -2.69. The lowest BCUT2D eigenvalue weighted by atomic mass is 10.2. The fraction of sp³-hybridized carbons (Fsp3) is 0.188. The third-order valence-electron chi connectivity index (χ3n) is 3.39. The lowest BCUT2D eigenvalue weighted by molar-refractivity contribution is 0.0949. The maximum Gasteiger partial charge on any atom is 0.254 e. The molecule has 2 heterocycles. The SMILES string of the molecule is Cc1cc2ncc(C(=O)NCc3ccccc3)c(C)n2n1. The van der Waals surface area contributed by atoms with Crippen LogP contribution in [0.5, 0.6) is 0 Å². The lowest BCUT2D eigenvalue weighted by Crippen LogP contribution is -2.24. The second-order valence-corrected chi connectivity index (χ2v) is 4.98. The maximum atomic E-state index is 12.3. The van der Waals surface area contributed by atoms with Crippen LogP contribution in [-0.4, -0.2) is 20.5 Å². The Bertz CT molecular complexity index is 793. The van der Waals surface area contributed by atoms with Crippen molar-refractivity contribution in [3.63, 3.8) is 0 Å². The zero-order valence-electron chi connectivity index (χ0n) is 12.0. The Morgan fingerprint density at radius 3 is 2.76 bits per heavy atom. The molecule has 5 heteroatoms. The molecule has 0 aliphatic carbocycles. The van der Waals surface area contributed by atoms with Gasteiger partial charge in [-0.3, -0.25) is 4.79 Å². The van der Waals surface area contributed by atoms with Crippen molar-refractivity contribution in [2.75, 3.05) is 0 Å². The van der Waals surface area contributed by atoms with Gasteiger partial charge in [-0.2, -0.15) is 5.10 Å². The molecule has 3 aromatic rings. The van der Waals surface area contributed by atoms with Crippen LogP contribution < -0.4 is 5.32 Å². The standard InChI is InChI=1S/C16H16N4O/c1-11-8-15-17-10-14(12(2)20(15)19-11)16(21)18-9-13-6-4-3-5-7-13/h3-8,10H,9H2,1-2H3,(H,18,21). The quantitative estimate of drug-likeness (QED) is 0.800. The Morgan fingerprint density at radius 2 is 2.00 bits per heavy atom. The number of benzene rings is 1. The molecule has 0 bridgehead atoms. The minimum Gasteiger partial charge on any atom is -0.348 e. The van der Waals surface area contributed by atoms with Crippen molar-refractivity contribution in [2.24, 2.45) is 0 Å². The normalized spacial score (nSPS) is 10.8. The van der Waals surface area contributed by atoms with Gasteiger partial charge in [-0.25, -0.2) is 9.50 Å². The van der Waals surface area contributed by atoms with Gasteiger partial charge in [0.15, 0.2) is 5.65 Å². The molecule has 0 saturated heterocycles. The Morgan fingerprint density at radius 1 is 1.24 bits per heavy atom. The summed E-state index contributed by atoms with van der Waals surface area (Å²) in [7, 11) is 0. The van der Waals surface area contributed by atoms with E-state index in [2.05, 4.69) is 15.4 Å². The van der Waals surface area contributed by atoms with Crippen LogP contribution in [0.1, 0.15) is 27.3 Å². The van der Waals surface area contributed by atoms with Crippen LogP contribution in [0.25, 0.3) is 5.65 Å². The van der Waals surface area contributed by atoms with E-state index in [1.54, 1.807) is 10.7 Å². The van der Waals surface area contributed by atoms with Gasteiger partial charge >= 0.3 is 0 Å². The molecule has 0 saturated carbocycles. The first-order chi connectivity index (χ1) is 10.1. The van der Waals surface area contributed by atoms with Gasteiger partial charge in [-0.15, -0.1) is 0 Å². The summed E-state index contributed by atoms with van der Waals surface area (Å²) in [4.78, 5) is 16.6. The van der Waals surface area contributed by atoms with E-state index in [1.807, 2.05) is 50.2 Å². The summed E-state index contributed by atoms with van der Waals surface area (Å²) in [6.45, 7) is 4.27. The van der Waals surface area contributed by atoms with Gasteiger partial charge in [-0.1, -0.05) is 30.3 Å². The van der Waals surface area contributed by atoms with Crippen molar-refractivity contribution in [3.8, 4) is 0 Å². The molecule has 0 radical (unpaired) electrons. The number of aromatic nitrogens is 3. The molecule has 0 aliphatic rings. The highest BCUT2D eigenvalue weighted by molar-refractivity contribution is 5.95. The highest BCUT2D eigenvalue weighted by Gasteiger charge is 2.13. The number of rotatable bonds is 3. The van der Waals surface area contributed by atoms with Crippen molar-refractivity contribution >= 4 is 11.6 Å². The average Bonchev–Trinajstić information content (AvgIpc) is 2.88. The van der Waals surface area contributed by atoms with Crippen LogP contribution in [0.2, 0.25) is 0 Å². The van der Waals surface area contributed by atoms with E-state index >= 15 is 0 Å². The van der Waals surface area contributed by atoms with E-state index in [9.17, 15) is 4.79 Å². The molecule has 1 aromatic carbocycles. The number of amides is 1. The summed E-state index contributed by atoms with van der Waals surface area (Å²) >= 11 is 0. The maximum absolute atomic E-state index is 12.3. The van der Waals surface area contributed by atoms with Crippen LogP contribution in [0, 0.1) is 13.8 Å². The fourth-order valence-electron chi connectivity index (χ4n) is 2.26. The first kappa shape index (κ1) is 13.3. The predicted molar refractivity (Wildman–Crippen MR) is 80.1 cm³/mol. The van der Waals surface area contributed by atoms with Crippen LogP contribution in [-0.2, 0) is 6.54 Å². The summed E-state index contributed by atoms with van der Waals surface area (Å²) < 4.78 is 1.70. The van der Waals surface area contributed by atoms with Crippen LogP contribution in [0.3, 0.4) is 0 Å². The van der Waals surface area contributed by atoms with Gasteiger partial charge in [0.25, 0.3) is 5.91 Å².